The lowest BCUT2D eigenvalue weighted by atomic mass is 9.80. The van der Waals surface area contributed by atoms with Gasteiger partial charge in [-0.1, -0.05) is 12.1 Å². The van der Waals surface area contributed by atoms with Gasteiger partial charge < -0.3 is 19.7 Å². The molecule has 1 atom stereocenters. The number of carbonyl (C=O) groups is 2. The Balaban J connectivity index is 1.61. The molecular formula is C24H30N2O4. The van der Waals surface area contributed by atoms with Gasteiger partial charge in [0.15, 0.2) is 0 Å². The average molecular weight is 411 g/mol. The maximum Gasteiger partial charge on any atom is 0.253 e. The molecule has 0 bridgehead atoms. The first-order valence-corrected chi connectivity index (χ1v) is 10.4. The summed E-state index contributed by atoms with van der Waals surface area (Å²) >= 11 is 0. The van der Waals surface area contributed by atoms with Crippen LogP contribution in [0.2, 0.25) is 0 Å². The van der Waals surface area contributed by atoms with Gasteiger partial charge in [-0.25, -0.2) is 0 Å². The number of piperidine rings is 1. The highest BCUT2D eigenvalue weighted by Crippen LogP contribution is 2.31. The van der Waals surface area contributed by atoms with E-state index in [1.807, 2.05) is 38.1 Å². The Morgan fingerprint density at radius 3 is 2.37 bits per heavy atom. The molecule has 6 nitrogen and oxygen atoms in total. The SMILES string of the molecule is CCOc1ccc(C(=O)N2CCC[C@@](C)(C(=O)NCc3ccc(OC)cc3)C2)cc1. The van der Waals surface area contributed by atoms with Crippen LogP contribution < -0.4 is 14.8 Å². The maximum absolute atomic E-state index is 13.0. The fourth-order valence-corrected chi connectivity index (χ4v) is 3.78. The molecule has 0 radical (unpaired) electrons. The highest BCUT2D eigenvalue weighted by Gasteiger charge is 2.39. The molecule has 0 unspecified atom stereocenters. The average Bonchev–Trinajstić information content (AvgIpc) is 2.78. The van der Waals surface area contributed by atoms with Crippen molar-refractivity contribution in [3.05, 3.63) is 59.7 Å². The van der Waals surface area contributed by atoms with E-state index in [1.165, 1.54) is 0 Å². The van der Waals surface area contributed by atoms with Gasteiger partial charge in [0, 0.05) is 25.2 Å². The van der Waals surface area contributed by atoms with Crippen molar-refractivity contribution < 1.29 is 19.1 Å². The van der Waals surface area contributed by atoms with Gasteiger partial charge >= 0.3 is 0 Å². The molecule has 1 N–H and O–H groups in total. The second kappa shape index (κ2) is 9.65. The minimum absolute atomic E-state index is 0.0255. The van der Waals surface area contributed by atoms with E-state index in [1.54, 1.807) is 36.3 Å². The molecule has 6 heteroatoms. The van der Waals surface area contributed by atoms with Crippen LogP contribution in [0.4, 0.5) is 0 Å². The predicted molar refractivity (Wildman–Crippen MR) is 116 cm³/mol. The third-order valence-electron chi connectivity index (χ3n) is 5.56. The Morgan fingerprint density at radius 1 is 1.07 bits per heavy atom. The smallest absolute Gasteiger partial charge is 0.253 e. The molecule has 1 fully saturated rings. The largest absolute Gasteiger partial charge is 0.497 e. The van der Waals surface area contributed by atoms with Crippen molar-refractivity contribution in [2.75, 3.05) is 26.8 Å². The summed E-state index contributed by atoms with van der Waals surface area (Å²) in [6, 6.07) is 14.8. The highest BCUT2D eigenvalue weighted by molar-refractivity contribution is 5.95. The number of hydrogen-bond donors (Lipinski definition) is 1. The van der Waals surface area contributed by atoms with Crippen LogP contribution in [-0.4, -0.2) is 43.5 Å². The molecule has 2 amide bonds. The first-order valence-electron chi connectivity index (χ1n) is 10.4. The van der Waals surface area contributed by atoms with Gasteiger partial charge in [-0.2, -0.15) is 0 Å². The second-order valence-corrected chi connectivity index (χ2v) is 7.88. The molecule has 1 saturated heterocycles. The molecule has 1 aliphatic rings. The Bertz CT molecular complexity index is 864. The molecule has 0 aromatic heterocycles. The van der Waals surface area contributed by atoms with E-state index in [0.29, 0.717) is 31.8 Å². The van der Waals surface area contributed by atoms with Crippen LogP contribution in [0.3, 0.4) is 0 Å². The maximum atomic E-state index is 13.0. The Hall–Kier alpha value is -3.02. The summed E-state index contributed by atoms with van der Waals surface area (Å²) in [5.74, 6) is 1.46. The minimum atomic E-state index is -0.606. The van der Waals surface area contributed by atoms with Crippen LogP contribution in [0.1, 0.15) is 42.6 Å². The Kier molecular flexibility index (Phi) is 6.98. The number of benzene rings is 2. The molecular weight excluding hydrogens is 380 g/mol. The van der Waals surface area contributed by atoms with Crippen LogP contribution in [0.15, 0.2) is 48.5 Å². The summed E-state index contributed by atoms with van der Waals surface area (Å²) in [5.41, 5.74) is 1.01. The molecule has 30 heavy (non-hydrogen) atoms. The number of rotatable bonds is 7. The molecule has 1 aliphatic heterocycles. The monoisotopic (exact) mass is 410 g/mol. The van der Waals surface area contributed by atoms with Crippen molar-refractivity contribution >= 4 is 11.8 Å². The summed E-state index contributed by atoms with van der Waals surface area (Å²) in [5, 5.41) is 3.03. The number of ether oxygens (including phenoxy) is 2. The van der Waals surface area contributed by atoms with E-state index >= 15 is 0 Å². The van der Waals surface area contributed by atoms with Gasteiger partial charge in [-0.3, -0.25) is 9.59 Å². The number of nitrogens with one attached hydrogen (secondary N) is 1. The fourth-order valence-electron chi connectivity index (χ4n) is 3.78. The van der Waals surface area contributed by atoms with E-state index in [2.05, 4.69) is 5.32 Å². The Labute approximate surface area is 178 Å². The van der Waals surface area contributed by atoms with Crippen molar-refractivity contribution in [2.45, 2.75) is 33.2 Å². The van der Waals surface area contributed by atoms with Crippen molar-refractivity contribution in [2.24, 2.45) is 5.41 Å². The van der Waals surface area contributed by atoms with Crippen LogP contribution in [0.5, 0.6) is 11.5 Å². The third-order valence-corrected chi connectivity index (χ3v) is 5.56. The van der Waals surface area contributed by atoms with Gasteiger partial charge in [-0.05, 0) is 68.7 Å². The first-order chi connectivity index (χ1) is 14.4. The van der Waals surface area contributed by atoms with Gasteiger partial charge in [0.05, 0.1) is 19.1 Å². The van der Waals surface area contributed by atoms with Crippen molar-refractivity contribution in [1.29, 1.82) is 0 Å². The molecule has 2 aromatic carbocycles. The third kappa shape index (κ3) is 5.12. The number of amides is 2. The zero-order valence-corrected chi connectivity index (χ0v) is 17.9. The summed E-state index contributed by atoms with van der Waals surface area (Å²) in [4.78, 5) is 27.7. The highest BCUT2D eigenvalue weighted by atomic mass is 16.5. The first kappa shape index (κ1) is 21.7. The van der Waals surface area contributed by atoms with Crippen molar-refractivity contribution in [1.82, 2.24) is 10.2 Å². The van der Waals surface area contributed by atoms with E-state index in [0.717, 1.165) is 29.9 Å². The minimum Gasteiger partial charge on any atom is -0.497 e. The van der Waals surface area contributed by atoms with E-state index in [9.17, 15) is 9.59 Å². The van der Waals surface area contributed by atoms with Gasteiger partial charge in [0.25, 0.3) is 5.91 Å². The van der Waals surface area contributed by atoms with Gasteiger partial charge in [0.1, 0.15) is 11.5 Å². The molecule has 0 aliphatic carbocycles. The van der Waals surface area contributed by atoms with Crippen LogP contribution in [-0.2, 0) is 11.3 Å². The number of hydrogen-bond acceptors (Lipinski definition) is 4. The quantitative estimate of drug-likeness (QED) is 0.757. The number of carbonyl (C=O) groups excluding carboxylic acids is 2. The standard InChI is InChI=1S/C24H30N2O4/c1-4-30-21-12-8-19(9-13-21)22(27)26-15-5-14-24(2,17-26)23(28)25-16-18-6-10-20(29-3)11-7-18/h6-13H,4-5,14-17H2,1-3H3,(H,25,28)/t24-/m1/s1. The van der Waals surface area contributed by atoms with Crippen LogP contribution in [0, 0.1) is 5.41 Å². The van der Waals surface area contributed by atoms with E-state index in [-0.39, 0.29) is 11.8 Å². The van der Waals surface area contributed by atoms with Crippen molar-refractivity contribution in [3.8, 4) is 11.5 Å². The lowest BCUT2D eigenvalue weighted by molar-refractivity contribution is -0.132. The van der Waals surface area contributed by atoms with E-state index in [4.69, 9.17) is 9.47 Å². The number of likely N-dealkylation sites (tertiary alicyclic amines) is 1. The normalized spacial score (nSPS) is 18.6. The number of methoxy groups -OCH3 is 1. The zero-order chi connectivity index (χ0) is 21.6. The number of nitrogens with zero attached hydrogens (tertiary/aromatic N) is 1. The topological polar surface area (TPSA) is 67.9 Å². The Morgan fingerprint density at radius 2 is 1.73 bits per heavy atom. The molecule has 160 valence electrons. The molecule has 0 saturated carbocycles. The molecule has 2 aromatic rings. The van der Waals surface area contributed by atoms with Crippen molar-refractivity contribution in [3.63, 3.8) is 0 Å². The van der Waals surface area contributed by atoms with Crippen LogP contribution in [0.25, 0.3) is 0 Å². The summed E-state index contributed by atoms with van der Waals surface area (Å²) in [6.07, 6.45) is 1.56. The zero-order valence-electron chi connectivity index (χ0n) is 17.9. The van der Waals surface area contributed by atoms with Gasteiger partial charge in [0.2, 0.25) is 5.91 Å². The lowest BCUT2D eigenvalue weighted by Gasteiger charge is -2.39. The molecule has 0 spiro atoms. The summed E-state index contributed by atoms with van der Waals surface area (Å²) in [6.45, 7) is 5.97. The summed E-state index contributed by atoms with van der Waals surface area (Å²) in [7, 11) is 1.63. The van der Waals surface area contributed by atoms with Crippen LogP contribution >= 0.6 is 0 Å². The fraction of sp³-hybridized carbons (Fsp3) is 0.417. The second-order valence-electron chi connectivity index (χ2n) is 7.88. The summed E-state index contributed by atoms with van der Waals surface area (Å²) < 4.78 is 10.6. The van der Waals surface area contributed by atoms with E-state index < -0.39 is 5.41 Å². The lowest BCUT2D eigenvalue weighted by Crippen LogP contribution is -2.51. The predicted octanol–water partition coefficient (Wildman–Crippen LogP) is 3.65. The molecule has 3 rings (SSSR count). The molecule has 1 heterocycles. The van der Waals surface area contributed by atoms with Gasteiger partial charge in [-0.15, -0.1) is 0 Å².